The fourth-order valence-electron chi connectivity index (χ4n) is 2.93. The van der Waals surface area contributed by atoms with Gasteiger partial charge in [-0.25, -0.2) is 0 Å². The van der Waals surface area contributed by atoms with E-state index in [-0.39, 0.29) is 17.9 Å². The number of methoxy groups -OCH3 is 1. The van der Waals surface area contributed by atoms with E-state index >= 15 is 0 Å². The van der Waals surface area contributed by atoms with Crippen LogP contribution in [0.2, 0.25) is 0 Å². The first-order valence-electron chi connectivity index (χ1n) is 7.77. The molecule has 1 unspecified atom stereocenters. The number of nitrogens with one attached hydrogen (secondary N) is 1. The van der Waals surface area contributed by atoms with Crippen LogP contribution in [0.3, 0.4) is 0 Å². The Labute approximate surface area is 132 Å². The minimum atomic E-state index is -0.0780. The number of aliphatic hydroxyl groups excluding tert-OH is 1. The molecule has 5 nitrogen and oxygen atoms in total. The Morgan fingerprint density at radius 1 is 1.50 bits per heavy atom. The summed E-state index contributed by atoms with van der Waals surface area (Å²) in [5.41, 5.74) is 0.942. The molecule has 0 aliphatic carbocycles. The average molecular weight is 306 g/mol. The molecular weight excluding hydrogens is 280 g/mol. The molecule has 0 saturated carbocycles. The van der Waals surface area contributed by atoms with Gasteiger partial charge >= 0.3 is 0 Å². The van der Waals surface area contributed by atoms with Crippen LogP contribution in [-0.2, 0) is 11.3 Å². The van der Waals surface area contributed by atoms with Crippen molar-refractivity contribution < 1.29 is 14.6 Å². The molecule has 1 aromatic carbocycles. The first-order chi connectivity index (χ1) is 10.5. The molecule has 0 bridgehead atoms. The number of hydrogen-bond donors (Lipinski definition) is 2. The van der Waals surface area contributed by atoms with Crippen LogP contribution in [0.4, 0.5) is 0 Å². The van der Waals surface area contributed by atoms with E-state index in [2.05, 4.69) is 17.1 Å². The van der Waals surface area contributed by atoms with Crippen molar-refractivity contribution in [1.82, 2.24) is 10.2 Å². The number of benzene rings is 1. The number of amides is 1. The molecule has 122 valence electrons. The highest BCUT2D eigenvalue weighted by Crippen LogP contribution is 2.28. The number of aliphatic hydroxyl groups is 1. The summed E-state index contributed by atoms with van der Waals surface area (Å²) in [6, 6.07) is 7.68. The minimum absolute atomic E-state index is 0.0185. The fourth-order valence-corrected chi connectivity index (χ4v) is 2.93. The van der Waals surface area contributed by atoms with Crippen LogP contribution in [0.25, 0.3) is 0 Å². The second-order valence-electron chi connectivity index (χ2n) is 6.41. The molecule has 1 aromatic rings. The smallest absolute Gasteiger partial charge is 0.234 e. The summed E-state index contributed by atoms with van der Waals surface area (Å²) in [4.78, 5) is 14.2. The van der Waals surface area contributed by atoms with Crippen LogP contribution in [0, 0.1) is 5.41 Å². The lowest BCUT2D eigenvalue weighted by Gasteiger charge is -2.38. The monoisotopic (exact) mass is 306 g/mol. The summed E-state index contributed by atoms with van der Waals surface area (Å²) >= 11 is 0. The summed E-state index contributed by atoms with van der Waals surface area (Å²) in [5, 5.41) is 12.4. The van der Waals surface area contributed by atoms with Gasteiger partial charge in [0.05, 0.1) is 13.7 Å². The summed E-state index contributed by atoms with van der Waals surface area (Å²) in [6.07, 6.45) is 2.05. The Hall–Kier alpha value is -1.59. The molecule has 0 radical (unpaired) electrons. The van der Waals surface area contributed by atoms with Crippen molar-refractivity contribution >= 4 is 5.91 Å². The molecular formula is C17H26N2O3. The minimum Gasteiger partial charge on any atom is -0.497 e. The van der Waals surface area contributed by atoms with Crippen molar-refractivity contribution in [2.75, 3.05) is 33.4 Å². The summed E-state index contributed by atoms with van der Waals surface area (Å²) < 4.78 is 5.17. The Morgan fingerprint density at radius 2 is 2.32 bits per heavy atom. The molecule has 2 rings (SSSR count). The number of nitrogens with zero attached hydrogens (tertiary/aromatic N) is 1. The zero-order valence-corrected chi connectivity index (χ0v) is 13.5. The maximum Gasteiger partial charge on any atom is 0.234 e. The highest BCUT2D eigenvalue weighted by Gasteiger charge is 2.30. The molecule has 1 fully saturated rings. The number of likely N-dealkylation sites (tertiary alicyclic amines) is 1. The van der Waals surface area contributed by atoms with Gasteiger partial charge in [-0.15, -0.1) is 0 Å². The number of rotatable bonds is 6. The van der Waals surface area contributed by atoms with E-state index in [1.165, 1.54) is 0 Å². The Bertz CT molecular complexity index is 506. The third-order valence-electron chi connectivity index (χ3n) is 4.23. The van der Waals surface area contributed by atoms with Gasteiger partial charge < -0.3 is 15.2 Å². The third-order valence-corrected chi connectivity index (χ3v) is 4.23. The Kier molecular flexibility index (Phi) is 5.80. The van der Waals surface area contributed by atoms with E-state index in [0.717, 1.165) is 37.2 Å². The van der Waals surface area contributed by atoms with Crippen LogP contribution in [-0.4, -0.2) is 49.3 Å². The molecule has 22 heavy (non-hydrogen) atoms. The van der Waals surface area contributed by atoms with Gasteiger partial charge in [0.15, 0.2) is 0 Å². The van der Waals surface area contributed by atoms with E-state index in [1.807, 2.05) is 24.3 Å². The van der Waals surface area contributed by atoms with E-state index in [0.29, 0.717) is 13.1 Å². The van der Waals surface area contributed by atoms with E-state index in [9.17, 15) is 9.90 Å². The van der Waals surface area contributed by atoms with E-state index < -0.39 is 0 Å². The molecule has 1 atom stereocenters. The van der Waals surface area contributed by atoms with Crippen molar-refractivity contribution in [2.45, 2.75) is 26.3 Å². The second-order valence-corrected chi connectivity index (χ2v) is 6.41. The lowest BCUT2D eigenvalue weighted by atomic mass is 9.83. The topological polar surface area (TPSA) is 61.8 Å². The van der Waals surface area contributed by atoms with Crippen LogP contribution in [0.5, 0.6) is 5.75 Å². The largest absolute Gasteiger partial charge is 0.497 e. The van der Waals surface area contributed by atoms with Gasteiger partial charge in [-0.3, -0.25) is 9.69 Å². The molecule has 5 heteroatoms. The molecule has 2 N–H and O–H groups in total. The third kappa shape index (κ3) is 4.71. The van der Waals surface area contributed by atoms with Gasteiger partial charge in [-0.2, -0.15) is 0 Å². The van der Waals surface area contributed by atoms with Gasteiger partial charge in [0.2, 0.25) is 5.91 Å². The standard InChI is InChI=1S/C17H26N2O3/c1-17(13-20)7-4-8-19(12-17)11-16(21)18-10-14-5-3-6-15(9-14)22-2/h3,5-6,9,20H,4,7-8,10-13H2,1-2H3,(H,18,21). The molecule has 0 aromatic heterocycles. The van der Waals surface area contributed by atoms with Crippen molar-refractivity contribution in [3.05, 3.63) is 29.8 Å². The maximum atomic E-state index is 12.1. The van der Waals surface area contributed by atoms with Gasteiger partial charge in [0.25, 0.3) is 0 Å². The van der Waals surface area contributed by atoms with Gasteiger partial charge in [-0.05, 0) is 37.1 Å². The summed E-state index contributed by atoms with van der Waals surface area (Å²) in [5.74, 6) is 0.812. The number of hydrogen-bond acceptors (Lipinski definition) is 4. The predicted molar refractivity (Wildman–Crippen MR) is 85.7 cm³/mol. The fraction of sp³-hybridized carbons (Fsp3) is 0.588. The Balaban J connectivity index is 1.80. The van der Waals surface area contributed by atoms with Gasteiger partial charge in [0.1, 0.15) is 5.75 Å². The van der Waals surface area contributed by atoms with Gasteiger partial charge in [-0.1, -0.05) is 19.1 Å². The van der Waals surface area contributed by atoms with E-state index in [1.54, 1.807) is 7.11 Å². The SMILES string of the molecule is COc1cccc(CNC(=O)CN2CCCC(C)(CO)C2)c1. The highest BCUT2D eigenvalue weighted by molar-refractivity contribution is 5.78. The molecule has 1 heterocycles. The average Bonchev–Trinajstić information content (AvgIpc) is 2.53. The Morgan fingerprint density at radius 3 is 3.05 bits per heavy atom. The lowest BCUT2D eigenvalue weighted by molar-refractivity contribution is -0.123. The molecule has 1 amide bonds. The lowest BCUT2D eigenvalue weighted by Crippen LogP contribution is -2.47. The first-order valence-corrected chi connectivity index (χ1v) is 7.77. The molecule has 1 saturated heterocycles. The van der Waals surface area contributed by atoms with Crippen LogP contribution >= 0.6 is 0 Å². The summed E-state index contributed by atoms with van der Waals surface area (Å²) in [6.45, 7) is 4.83. The van der Waals surface area contributed by atoms with Crippen LogP contribution in [0.1, 0.15) is 25.3 Å². The van der Waals surface area contributed by atoms with Crippen molar-refractivity contribution in [1.29, 1.82) is 0 Å². The van der Waals surface area contributed by atoms with Crippen molar-refractivity contribution in [2.24, 2.45) is 5.41 Å². The normalized spacial score (nSPS) is 22.3. The van der Waals surface area contributed by atoms with Crippen LogP contribution < -0.4 is 10.1 Å². The molecule has 1 aliphatic rings. The maximum absolute atomic E-state index is 12.1. The molecule has 1 aliphatic heterocycles. The first kappa shape index (κ1) is 16.8. The van der Waals surface area contributed by atoms with Gasteiger partial charge in [0, 0.05) is 25.1 Å². The second kappa shape index (κ2) is 7.61. The number of carbonyl (C=O) groups is 1. The van der Waals surface area contributed by atoms with Crippen molar-refractivity contribution in [3.63, 3.8) is 0 Å². The van der Waals surface area contributed by atoms with Crippen LogP contribution in [0.15, 0.2) is 24.3 Å². The number of piperidine rings is 1. The molecule has 0 spiro atoms. The number of ether oxygens (including phenoxy) is 1. The zero-order valence-electron chi connectivity index (χ0n) is 13.5. The zero-order chi connectivity index (χ0) is 16.0. The highest BCUT2D eigenvalue weighted by atomic mass is 16.5. The summed E-state index contributed by atoms with van der Waals surface area (Å²) in [7, 11) is 1.63. The quantitative estimate of drug-likeness (QED) is 0.834. The van der Waals surface area contributed by atoms with E-state index in [4.69, 9.17) is 4.74 Å². The van der Waals surface area contributed by atoms with Crippen molar-refractivity contribution in [3.8, 4) is 5.75 Å². The number of carbonyl (C=O) groups excluding carboxylic acids is 1. The predicted octanol–water partition coefficient (Wildman–Crippen LogP) is 1.41.